The molecule has 10 heteroatoms. The number of fused-ring (bicyclic) bond motifs is 3. The third kappa shape index (κ3) is 2.96. The van der Waals surface area contributed by atoms with Gasteiger partial charge < -0.3 is 15.0 Å². The van der Waals surface area contributed by atoms with Gasteiger partial charge in [-0.1, -0.05) is 0 Å². The predicted octanol–water partition coefficient (Wildman–Crippen LogP) is 1.18. The molecule has 166 valence electrons. The van der Waals surface area contributed by atoms with Crippen LogP contribution in [0.1, 0.15) is 50.2 Å². The summed E-state index contributed by atoms with van der Waals surface area (Å²) >= 11 is 0. The van der Waals surface area contributed by atoms with Crippen molar-refractivity contribution in [1.82, 2.24) is 35.4 Å². The van der Waals surface area contributed by atoms with Crippen molar-refractivity contribution < 1.29 is 14.3 Å². The monoisotopic (exact) mass is 435 g/mol. The average Bonchev–Trinajstić information content (AvgIpc) is 3.54. The molecule has 3 aliphatic heterocycles. The number of hydrogen-bond acceptors (Lipinski definition) is 8. The van der Waals surface area contributed by atoms with E-state index in [9.17, 15) is 9.59 Å². The van der Waals surface area contributed by atoms with Crippen molar-refractivity contribution in [3.8, 4) is 11.5 Å². The summed E-state index contributed by atoms with van der Waals surface area (Å²) in [6, 6.07) is 2.55. The Bertz CT molecular complexity index is 1150. The lowest BCUT2D eigenvalue weighted by Crippen LogP contribution is -2.42. The lowest BCUT2D eigenvalue weighted by atomic mass is 9.71. The van der Waals surface area contributed by atoms with Gasteiger partial charge in [0.05, 0.1) is 23.2 Å². The first-order chi connectivity index (χ1) is 15.5. The van der Waals surface area contributed by atoms with Crippen LogP contribution in [0.4, 0.5) is 0 Å². The highest BCUT2D eigenvalue weighted by Crippen LogP contribution is 2.46. The molecule has 0 atom stereocenters. The molecule has 2 fully saturated rings. The molecular weight excluding hydrogens is 410 g/mol. The summed E-state index contributed by atoms with van der Waals surface area (Å²) in [6.45, 7) is 4.06. The van der Waals surface area contributed by atoms with Crippen LogP contribution in [0.25, 0.3) is 11.5 Å². The van der Waals surface area contributed by atoms with Gasteiger partial charge in [-0.2, -0.15) is 0 Å². The first-order valence-electron chi connectivity index (χ1n) is 11.2. The minimum absolute atomic E-state index is 0.173. The summed E-state index contributed by atoms with van der Waals surface area (Å²) in [5, 5.41) is 15.4. The first kappa shape index (κ1) is 19.5. The molecule has 32 heavy (non-hydrogen) atoms. The SMILES string of the molecule is CC1=C(N2CC[C@]3(CC[C@@H](NCc4cnc5c(c4)Cn4nnnc4-5)CC3)C2=O)COC1=O. The molecule has 1 saturated heterocycles. The average molecular weight is 435 g/mol. The largest absolute Gasteiger partial charge is 0.456 e. The predicted molar refractivity (Wildman–Crippen MR) is 112 cm³/mol. The van der Waals surface area contributed by atoms with Crippen LogP contribution in [-0.4, -0.2) is 61.2 Å². The molecular formula is C22H25N7O3. The molecule has 2 aromatic heterocycles. The van der Waals surface area contributed by atoms with Gasteiger partial charge in [0.25, 0.3) is 0 Å². The summed E-state index contributed by atoms with van der Waals surface area (Å²) < 4.78 is 6.88. The van der Waals surface area contributed by atoms with E-state index in [1.807, 2.05) is 6.20 Å². The van der Waals surface area contributed by atoms with E-state index >= 15 is 0 Å². The Balaban J connectivity index is 1.06. The van der Waals surface area contributed by atoms with Crippen LogP contribution in [0, 0.1) is 5.41 Å². The van der Waals surface area contributed by atoms with E-state index in [1.165, 1.54) is 0 Å². The van der Waals surface area contributed by atoms with Gasteiger partial charge in [0, 0.05) is 30.9 Å². The molecule has 2 aromatic rings. The summed E-state index contributed by atoms with van der Waals surface area (Å²) in [6.07, 6.45) is 6.44. The maximum atomic E-state index is 13.3. The van der Waals surface area contributed by atoms with Crippen LogP contribution in [0.15, 0.2) is 23.5 Å². The molecule has 5 heterocycles. The molecule has 1 spiro atoms. The number of rotatable bonds is 4. The van der Waals surface area contributed by atoms with Crippen LogP contribution < -0.4 is 5.32 Å². The number of hydrogen-bond donors (Lipinski definition) is 1. The van der Waals surface area contributed by atoms with Gasteiger partial charge in [-0.25, -0.2) is 9.48 Å². The lowest BCUT2D eigenvalue weighted by molar-refractivity contribution is -0.138. The Labute approximate surface area is 185 Å². The van der Waals surface area contributed by atoms with Crippen molar-refractivity contribution in [3.63, 3.8) is 0 Å². The molecule has 10 nitrogen and oxygen atoms in total. The number of likely N-dealkylation sites (tertiary alicyclic amines) is 1. The molecule has 0 aromatic carbocycles. The van der Waals surface area contributed by atoms with Crippen molar-refractivity contribution in [1.29, 1.82) is 0 Å². The summed E-state index contributed by atoms with van der Waals surface area (Å²) in [5.41, 5.74) is 4.17. The van der Waals surface area contributed by atoms with Crippen molar-refractivity contribution >= 4 is 11.9 Å². The van der Waals surface area contributed by atoms with Gasteiger partial charge >= 0.3 is 5.97 Å². The standard InChI is InChI=1S/C22H25N7O3/c1-13-17(12-32-20(13)30)28-7-6-22(21(28)31)4-2-16(3-5-22)23-9-14-8-15-11-29-19(25-26-27-29)18(15)24-10-14/h8,10,16,23H,2-7,9,11-12H2,1H3/t16-,22-. The first-order valence-corrected chi connectivity index (χ1v) is 11.2. The van der Waals surface area contributed by atoms with E-state index in [4.69, 9.17) is 4.74 Å². The Kier molecular flexibility index (Phi) is 4.39. The minimum Gasteiger partial charge on any atom is -0.456 e. The van der Waals surface area contributed by atoms with Crippen molar-refractivity contribution in [2.24, 2.45) is 5.41 Å². The van der Waals surface area contributed by atoms with Gasteiger partial charge in [0.15, 0.2) is 0 Å². The smallest absolute Gasteiger partial charge is 0.336 e. The van der Waals surface area contributed by atoms with Crippen molar-refractivity contribution in [2.45, 2.75) is 58.2 Å². The summed E-state index contributed by atoms with van der Waals surface area (Å²) in [4.78, 5) is 31.4. The van der Waals surface area contributed by atoms with E-state index in [2.05, 4.69) is 31.9 Å². The molecule has 0 radical (unpaired) electrons. The zero-order valence-corrected chi connectivity index (χ0v) is 18.0. The van der Waals surface area contributed by atoms with E-state index in [0.717, 1.165) is 67.0 Å². The second-order valence-electron chi connectivity index (χ2n) is 9.30. The van der Waals surface area contributed by atoms with Crippen LogP contribution in [0.3, 0.4) is 0 Å². The van der Waals surface area contributed by atoms with E-state index in [1.54, 1.807) is 16.5 Å². The number of nitrogens with zero attached hydrogens (tertiary/aromatic N) is 6. The minimum atomic E-state index is -0.305. The maximum Gasteiger partial charge on any atom is 0.336 e. The number of esters is 1. The fourth-order valence-corrected chi connectivity index (χ4v) is 5.55. The number of nitrogens with one attached hydrogen (secondary N) is 1. The highest BCUT2D eigenvalue weighted by molar-refractivity contribution is 5.94. The zero-order valence-electron chi connectivity index (χ0n) is 18.0. The second kappa shape index (κ2) is 7.19. The molecule has 6 rings (SSSR count). The normalized spacial score (nSPS) is 26.8. The molecule has 1 N–H and O–H groups in total. The van der Waals surface area contributed by atoms with Crippen LogP contribution in [-0.2, 0) is 27.4 Å². The number of ether oxygens (including phenoxy) is 1. The van der Waals surface area contributed by atoms with E-state index < -0.39 is 0 Å². The molecule has 4 aliphatic rings. The van der Waals surface area contributed by atoms with Gasteiger partial charge in [-0.05, 0) is 61.1 Å². The second-order valence-corrected chi connectivity index (χ2v) is 9.30. The van der Waals surface area contributed by atoms with Gasteiger partial charge in [-0.15, -0.1) is 5.10 Å². The number of pyridine rings is 1. The maximum absolute atomic E-state index is 13.3. The number of carbonyl (C=O) groups excluding carboxylic acids is 2. The highest BCUT2D eigenvalue weighted by atomic mass is 16.5. The molecule has 1 aliphatic carbocycles. The lowest BCUT2D eigenvalue weighted by Gasteiger charge is -2.36. The van der Waals surface area contributed by atoms with E-state index in [0.29, 0.717) is 24.7 Å². The number of cyclic esters (lactones) is 1. The van der Waals surface area contributed by atoms with Crippen LogP contribution in [0.5, 0.6) is 0 Å². The van der Waals surface area contributed by atoms with Crippen LogP contribution in [0.2, 0.25) is 0 Å². The number of amides is 1. The quantitative estimate of drug-likeness (QED) is 0.608. The summed E-state index contributed by atoms with van der Waals surface area (Å²) in [7, 11) is 0. The Morgan fingerprint density at radius 2 is 2.09 bits per heavy atom. The van der Waals surface area contributed by atoms with Crippen molar-refractivity contribution in [3.05, 3.63) is 34.7 Å². The fourth-order valence-electron chi connectivity index (χ4n) is 5.55. The topological polar surface area (TPSA) is 115 Å². The van der Waals surface area contributed by atoms with Crippen LogP contribution >= 0.6 is 0 Å². The van der Waals surface area contributed by atoms with E-state index in [-0.39, 0.29) is 23.9 Å². The van der Waals surface area contributed by atoms with Gasteiger partial charge in [0.2, 0.25) is 11.7 Å². The molecule has 0 bridgehead atoms. The highest BCUT2D eigenvalue weighted by Gasteiger charge is 2.50. The number of aromatic nitrogens is 5. The Hall–Kier alpha value is -3.14. The van der Waals surface area contributed by atoms with Gasteiger partial charge in [0.1, 0.15) is 12.3 Å². The molecule has 0 unspecified atom stereocenters. The zero-order chi connectivity index (χ0) is 21.9. The molecule has 1 amide bonds. The van der Waals surface area contributed by atoms with Gasteiger partial charge in [-0.3, -0.25) is 9.78 Å². The Morgan fingerprint density at radius 3 is 2.88 bits per heavy atom. The number of tetrazole rings is 1. The number of carbonyl (C=O) groups is 2. The van der Waals surface area contributed by atoms with Crippen molar-refractivity contribution in [2.75, 3.05) is 13.2 Å². The fraction of sp³-hybridized carbons (Fsp3) is 0.545. The summed E-state index contributed by atoms with van der Waals surface area (Å²) in [5.74, 6) is 0.597. The third-order valence-electron chi connectivity index (χ3n) is 7.54. The molecule has 1 saturated carbocycles. The Morgan fingerprint density at radius 1 is 1.25 bits per heavy atom. The third-order valence-corrected chi connectivity index (χ3v) is 7.54.